The highest BCUT2D eigenvalue weighted by Crippen LogP contribution is 2.19. The molecule has 1 heterocycles. The zero-order chi connectivity index (χ0) is 14.0. The Morgan fingerprint density at radius 3 is 1.89 bits per heavy atom. The summed E-state index contributed by atoms with van der Waals surface area (Å²) in [4.78, 5) is 18.8. The van der Waals surface area contributed by atoms with Crippen LogP contribution < -0.4 is 0 Å². The molecule has 1 rings (SSSR count). The third-order valence-corrected chi connectivity index (χ3v) is 3.97. The van der Waals surface area contributed by atoms with Crippen molar-refractivity contribution in [2.45, 2.75) is 65.7 Å². The van der Waals surface area contributed by atoms with Crippen LogP contribution in [0.1, 0.15) is 41.5 Å². The van der Waals surface area contributed by atoms with Gasteiger partial charge in [0.15, 0.2) is 0 Å². The monoisotopic (exact) mass is 255 g/mol. The van der Waals surface area contributed by atoms with Crippen LogP contribution in [0.15, 0.2) is 0 Å². The summed E-state index contributed by atoms with van der Waals surface area (Å²) >= 11 is 0. The van der Waals surface area contributed by atoms with E-state index in [-0.39, 0.29) is 24.2 Å². The van der Waals surface area contributed by atoms with Gasteiger partial charge in [-0.15, -0.1) is 0 Å². The Labute approximate surface area is 112 Å². The fourth-order valence-corrected chi connectivity index (χ4v) is 2.57. The highest BCUT2D eigenvalue weighted by Gasteiger charge is 2.35. The van der Waals surface area contributed by atoms with Gasteiger partial charge >= 0.3 is 6.03 Å². The van der Waals surface area contributed by atoms with Gasteiger partial charge in [0.25, 0.3) is 0 Å². The molecule has 2 unspecified atom stereocenters. The van der Waals surface area contributed by atoms with Crippen LogP contribution in [0, 0.1) is 0 Å². The number of urea groups is 1. The molecule has 4 heteroatoms. The average molecular weight is 255 g/mol. The molecule has 0 aliphatic carbocycles. The van der Waals surface area contributed by atoms with Crippen LogP contribution in [0.5, 0.6) is 0 Å². The van der Waals surface area contributed by atoms with E-state index in [0.29, 0.717) is 6.04 Å². The van der Waals surface area contributed by atoms with Gasteiger partial charge in [0, 0.05) is 44.3 Å². The van der Waals surface area contributed by atoms with E-state index in [0.717, 1.165) is 13.1 Å². The molecule has 0 N–H and O–H groups in total. The van der Waals surface area contributed by atoms with Crippen molar-refractivity contribution in [3.63, 3.8) is 0 Å². The molecule has 0 aromatic rings. The van der Waals surface area contributed by atoms with Crippen LogP contribution in [-0.4, -0.2) is 65.0 Å². The standard InChI is InChI=1S/C14H29N3O/c1-10(2)15(7)14(18)17-12(5)8-16(11(3)4)9-13(17)6/h10-13H,8-9H2,1-7H3. The molecule has 0 radical (unpaired) electrons. The van der Waals surface area contributed by atoms with Crippen LogP contribution in [0.3, 0.4) is 0 Å². The first-order valence-corrected chi connectivity index (χ1v) is 7.04. The predicted molar refractivity (Wildman–Crippen MR) is 75.8 cm³/mol. The normalized spacial score (nSPS) is 25.9. The summed E-state index contributed by atoms with van der Waals surface area (Å²) in [6.45, 7) is 14.8. The van der Waals surface area contributed by atoms with Crippen LogP contribution >= 0.6 is 0 Å². The number of carbonyl (C=O) groups is 1. The first-order valence-electron chi connectivity index (χ1n) is 7.04. The van der Waals surface area contributed by atoms with Gasteiger partial charge in [0.05, 0.1) is 0 Å². The Hall–Kier alpha value is -0.770. The van der Waals surface area contributed by atoms with E-state index in [9.17, 15) is 4.79 Å². The Morgan fingerprint density at radius 1 is 1.11 bits per heavy atom. The third-order valence-electron chi connectivity index (χ3n) is 3.97. The highest BCUT2D eigenvalue weighted by molar-refractivity contribution is 5.75. The molecule has 1 fully saturated rings. The third kappa shape index (κ3) is 3.16. The number of hydrogen-bond donors (Lipinski definition) is 0. The molecule has 4 nitrogen and oxygen atoms in total. The average Bonchev–Trinajstić information content (AvgIpc) is 2.26. The van der Waals surface area contributed by atoms with Gasteiger partial charge < -0.3 is 9.80 Å². The summed E-state index contributed by atoms with van der Waals surface area (Å²) in [5, 5.41) is 0. The topological polar surface area (TPSA) is 26.8 Å². The molecule has 0 bridgehead atoms. The number of rotatable bonds is 2. The molecule has 0 spiro atoms. The maximum atomic E-state index is 12.5. The molecule has 2 amide bonds. The molecule has 18 heavy (non-hydrogen) atoms. The lowest BCUT2D eigenvalue weighted by atomic mass is 10.1. The molecular weight excluding hydrogens is 226 g/mol. The smallest absolute Gasteiger partial charge is 0.320 e. The number of hydrogen-bond acceptors (Lipinski definition) is 2. The van der Waals surface area contributed by atoms with Crippen LogP contribution in [0.2, 0.25) is 0 Å². The van der Waals surface area contributed by atoms with Crippen molar-refractivity contribution >= 4 is 6.03 Å². The summed E-state index contributed by atoms with van der Waals surface area (Å²) in [6, 6.07) is 1.53. The van der Waals surface area contributed by atoms with Gasteiger partial charge in [-0.3, -0.25) is 4.90 Å². The van der Waals surface area contributed by atoms with Crippen molar-refractivity contribution in [1.82, 2.24) is 14.7 Å². The molecule has 2 atom stereocenters. The quantitative estimate of drug-likeness (QED) is 0.756. The van der Waals surface area contributed by atoms with Crippen molar-refractivity contribution < 1.29 is 4.79 Å². The van der Waals surface area contributed by atoms with E-state index in [1.807, 2.05) is 16.8 Å². The fraction of sp³-hybridized carbons (Fsp3) is 0.929. The minimum absolute atomic E-state index is 0.161. The molecule has 106 valence electrons. The first-order chi connectivity index (χ1) is 8.25. The molecule has 1 aliphatic heterocycles. The van der Waals surface area contributed by atoms with Crippen LogP contribution in [0.25, 0.3) is 0 Å². The maximum Gasteiger partial charge on any atom is 0.320 e. The second-order valence-corrected chi connectivity index (χ2v) is 6.14. The lowest BCUT2D eigenvalue weighted by molar-refractivity contribution is 0.0341. The number of carbonyl (C=O) groups excluding carboxylic acids is 1. The zero-order valence-corrected chi connectivity index (χ0v) is 13.0. The summed E-state index contributed by atoms with van der Waals surface area (Å²) < 4.78 is 0. The Kier molecular flexibility index (Phi) is 5.02. The van der Waals surface area contributed by atoms with E-state index in [1.165, 1.54) is 0 Å². The van der Waals surface area contributed by atoms with Crippen molar-refractivity contribution in [3.05, 3.63) is 0 Å². The van der Waals surface area contributed by atoms with Gasteiger partial charge in [0.1, 0.15) is 0 Å². The van der Waals surface area contributed by atoms with Gasteiger partial charge in [-0.25, -0.2) is 4.79 Å². The van der Waals surface area contributed by atoms with Crippen molar-refractivity contribution in [2.75, 3.05) is 20.1 Å². The fourth-order valence-electron chi connectivity index (χ4n) is 2.57. The van der Waals surface area contributed by atoms with E-state index in [4.69, 9.17) is 0 Å². The molecule has 0 saturated carbocycles. The minimum atomic E-state index is 0.161. The largest absolute Gasteiger partial charge is 0.325 e. The van der Waals surface area contributed by atoms with Crippen molar-refractivity contribution in [3.8, 4) is 0 Å². The second-order valence-electron chi connectivity index (χ2n) is 6.14. The lowest BCUT2D eigenvalue weighted by Crippen LogP contribution is -2.62. The second kappa shape index (κ2) is 5.91. The van der Waals surface area contributed by atoms with E-state index >= 15 is 0 Å². The maximum absolute atomic E-state index is 12.5. The minimum Gasteiger partial charge on any atom is -0.325 e. The number of nitrogens with zero attached hydrogens (tertiary/aromatic N) is 3. The molecule has 0 aromatic heterocycles. The molecule has 1 saturated heterocycles. The summed E-state index contributed by atoms with van der Waals surface area (Å²) in [5.41, 5.74) is 0. The van der Waals surface area contributed by atoms with E-state index < -0.39 is 0 Å². The Bertz CT molecular complexity index is 279. The molecule has 1 aliphatic rings. The van der Waals surface area contributed by atoms with Crippen molar-refractivity contribution in [2.24, 2.45) is 0 Å². The Balaban J connectivity index is 2.76. The number of piperazine rings is 1. The van der Waals surface area contributed by atoms with Gasteiger partial charge in [-0.1, -0.05) is 0 Å². The van der Waals surface area contributed by atoms with Gasteiger partial charge in [-0.2, -0.15) is 0 Å². The van der Waals surface area contributed by atoms with Gasteiger partial charge in [0.2, 0.25) is 0 Å². The first kappa shape index (κ1) is 15.3. The molecule has 0 aromatic carbocycles. The van der Waals surface area contributed by atoms with E-state index in [1.54, 1.807) is 0 Å². The predicted octanol–water partition coefficient (Wildman–Crippen LogP) is 2.25. The van der Waals surface area contributed by atoms with Crippen LogP contribution in [-0.2, 0) is 0 Å². The zero-order valence-electron chi connectivity index (χ0n) is 13.0. The lowest BCUT2D eigenvalue weighted by Gasteiger charge is -2.47. The summed E-state index contributed by atoms with van der Waals surface area (Å²) in [7, 11) is 1.89. The van der Waals surface area contributed by atoms with Crippen molar-refractivity contribution in [1.29, 1.82) is 0 Å². The highest BCUT2D eigenvalue weighted by atomic mass is 16.2. The SMILES string of the molecule is CC(C)N1CC(C)N(C(=O)N(C)C(C)C)C(C)C1. The van der Waals surface area contributed by atoms with Gasteiger partial charge in [-0.05, 0) is 41.5 Å². The van der Waals surface area contributed by atoms with E-state index in [2.05, 4.69) is 46.4 Å². The Morgan fingerprint density at radius 2 is 1.56 bits per heavy atom. The molecular formula is C14H29N3O. The summed E-state index contributed by atoms with van der Waals surface area (Å²) in [6.07, 6.45) is 0. The summed E-state index contributed by atoms with van der Waals surface area (Å²) in [5.74, 6) is 0. The number of amides is 2. The van der Waals surface area contributed by atoms with Crippen LogP contribution in [0.4, 0.5) is 4.79 Å².